The van der Waals surface area contributed by atoms with Crippen LogP contribution in [0.5, 0.6) is 11.5 Å². The molecule has 9 heteroatoms. The van der Waals surface area contributed by atoms with Crippen molar-refractivity contribution in [2.75, 3.05) is 38.7 Å². The summed E-state index contributed by atoms with van der Waals surface area (Å²) in [6, 6.07) is 8.15. The number of likely N-dealkylation sites (tertiary alicyclic amines) is 1. The van der Waals surface area contributed by atoms with Gasteiger partial charge in [-0.2, -0.15) is 0 Å². The van der Waals surface area contributed by atoms with E-state index in [1.807, 2.05) is 12.1 Å². The van der Waals surface area contributed by atoms with Gasteiger partial charge in [-0.05, 0) is 43.0 Å². The van der Waals surface area contributed by atoms with E-state index in [0.29, 0.717) is 41.3 Å². The number of anilines is 2. The predicted molar refractivity (Wildman–Crippen MR) is 122 cm³/mol. The van der Waals surface area contributed by atoms with Crippen LogP contribution in [0.4, 0.5) is 15.9 Å². The lowest BCUT2D eigenvalue weighted by atomic mass is 10.2. The van der Waals surface area contributed by atoms with E-state index in [2.05, 4.69) is 25.5 Å². The predicted octanol–water partition coefficient (Wildman–Crippen LogP) is 4.19. The molecule has 0 aliphatic carbocycles. The average molecular weight is 458 g/mol. The number of halogens is 2. The maximum absolute atomic E-state index is 13.5. The SMILES string of the molecule is COc1cc2ncnc(Nc3ccc(F)c(Cl)c3)c2cc1OCCCN1CC2CNC1C2. The minimum Gasteiger partial charge on any atom is -0.493 e. The van der Waals surface area contributed by atoms with Crippen LogP contribution in [0.3, 0.4) is 0 Å². The van der Waals surface area contributed by atoms with E-state index in [9.17, 15) is 4.39 Å². The Bertz CT molecular complexity index is 1130. The van der Waals surface area contributed by atoms with Crippen LogP contribution in [0.15, 0.2) is 36.7 Å². The molecule has 7 nitrogen and oxygen atoms in total. The van der Waals surface area contributed by atoms with Gasteiger partial charge in [-0.25, -0.2) is 14.4 Å². The Kier molecular flexibility index (Phi) is 5.99. The normalized spacial score (nSPS) is 20.1. The molecule has 0 saturated carbocycles. The van der Waals surface area contributed by atoms with Gasteiger partial charge in [0.05, 0.1) is 30.4 Å². The van der Waals surface area contributed by atoms with E-state index >= 15 is 0 Å². The molecule has 5 rings (SSSR count). The fraction of sp³-hybridized carbons (Fsp3) is 0.391. The summed E-state index contributed by atoms with van der Waals surface area (Å²) in [5, 5.41) is 7.55. The molecule has 0 radical (unpaired) electrons. The van der Waals surface area contributed by atoms with Crippen molar-refractivity contribution in [3.8, 4) is 11.5 Å². The molecule has 2 unspecified atom stereocenters. The van der Waals surface area contributed by atoms with Gasteiger partial charge < -0.3 is 20.1 Å². The molecule has 2 fully saturated rings. The lowest BCUT2D eigenvalue weighted by molar-refractivity contribution is 0.178. The minimum atomic E-state index is -0.470. The molecule has 2 aromatic carbocycles. The Hall–Kier alpha value is -2.68. The van der Waals surface area contributed by atoms with E-state index in [1.165, 1.54) is 31.4 Å². The van der Waals surface area contributed by atoms with Crippen LogP contribution < -0.4 is 20.1 Å². The van der Waals surface area contributed by atoms with E-state index in [-0.39, 0.29) is 5.02 Å². The molecular formula is C23H25ClFN5O2. The zero-order valence-electron chi connectivity index (χ0n) is 17.8. The molecule has 1 aromatic heterocycles. The molecule has 32 heavy (non-hydrogen) atoms. The number of nitrogens with zero attached hydrogens (tertiary/aromatic N) is 3. The first-order valence-corrected chi connectivity index (χ1v) is 11.1. The number of rotatable bonds is 8. The third kappa shape index (κ3) is 4.30. The molecule has 2 N–H and O–H groups in total. The van der Waals surface area contributed by atoms with Crippen LogP contribution in [0.2, 0.25) is 5.02 Å². The maximum Gasteiger partial charge on any atom is 0.162 e. The summed E-state index contributed by atoms with van der Waals surface area (Å²) >= 11 is 5.91. The van der Waals surface area contributed by atoms with Gasteiger partial charge in [-0.3, -0.25) is 4.90 Å². The number of nitrogens with one attached hydrogen (secondary N) is 2. The van der Waals surface area contributed by atoms with Gasteiger partial charge in [0.1, 0.15) is 18.0 Å². The van der Waals surface area contributed by atoms with Gasteiger partial charge in [0, 0.05) is 36.8 Å². The molecule has 3 aromatic rings. The number of ether oxygens (including phenoxy) is 2. The van der Waals surface area contributed by atoms with Crippen molar-refractivity contribution in [3.05, 3.63) is 47.5 Å². The summed E-state index contributed by atoms with van der Waals surface area (Å²) < 4.78 is 25.1. The molecule has 2 saturated heterocycles. The fourth-order valence-corrected chi connectivity index (χ4v) is 4.69. The summed E-state index contributed by atoms with van der Waals surface area (Å²) in [6.07, 6.45) is 4.18. The van der Waals surface area contributed by atoms with E-state index in [0.717, 1.165) is 30.8 Å². The van der Waals surface area contributed by atoms with E-state index in [1.54, 1.807) is 13.2 Å². The van der Waals surface area contributed by atoms with Crippen LogP contribution in [0.1, 0.15) is 12.8 Å². The molecule has 0 spiro atoms. The van der Waals surface area contributed by atoms with Gasteiger partial charge in [0.15, 0.2) is 11.5 Å². The first kappa shape index (κ1) is 21.2. The van der Waals surface area contributed by atoms with Gasteiger partial charge >= 0.3 is 0 Å². The summed E-state index contributed by atoms with van der Waals surface area (Å²) in [5.41, 5.74) is 1.34. The summed E-state index contributed by atoms with van der Waals surface area (Å²) in [5.74, 6) is 2.15. The quantitative estimate of drug-likeness (QED) is 0.491. The number of fused-ring (bicyclic) bond motifs is 3. The van der Waals surface area contributed by atoms with Crippen molar-refractivity contribution >= 4 is 34.0 Å². The average Bonchev–Trinajstić information content (AvgIpc) is 3.42. The molecule has 168 valence electrons. The monoisotopic (exact) mass is 457 g/mol. The number of methoxy groups -OCH3 is 1. The highest BCUT2D eigenvalue weighted by Gasteiger charge is 2.36. The zero-order chi connectivity index (χ0) is 22.1. The number of aromatic nitrogens is 2. The Morgan fingerprint density at radius 1 is 1.25 bits per heavy atom. The van der Waals surface area contributed by atoms with Crippen LogP contribution in [0.25, 0.3) is 10.9 Å². The second-order valence-electron chi connectivity index (χ2n) is 8.22. The van der Waals surface area contributed by atoms with Crippen molar-refractivity contribution in [1.29, 1.82) is 0 Å². The smallest absolute Gasteiger partial charge is 0.162 e. The Labute approximate surface area is 190 Å². The van der Waals surface area contributed by atoms with Crippen molar-refractivity contribution < 1.29 is 13.9 Å². The third-order valence-corrected chi connectivity index (χ3v) is 6.37. The van der Waals surface area contributed by atoms with Gasteiger partial charge in [-0.1, -0.05) is 11.6 Å². The van der Waals surface area contributed by atoms with Crippen LogP contribution in [-0.2, 0) is 0 Å². The van der Waals surface area contributed by atoms with Gasteiger partial charge in [-0.15, -0.1) is 0 Å². The summed E-state index contributed by atoms with van der Waals surface area (Å²) in [6.45, 7) is 3.91. The summed E-state index contributed by atoms with van der Waals surface area (Å²) in [4.78, 5) is 11.2. The lowest BCUT2D eigenvalue weighted by Crippen LogP contribution is -2.44. The molecular weight excluding hydrogens is 433 g/mol. The Morgan fingerprint density at radius 2 is 2.16 bits per heavy atom. The fourth-order valence-electron chi connectivity index (χ4n) is 4.50. The summed E-state index contributed by atoms with van der Waals surface area (Å²) in [7, 11) is 1.61. The van der Waals surface area contributed by atoms with E-state index in [4.69, 9.17) is 21.1 Å². The first-order valence-electron chi connectivity index (χ1n) is 10.8. The minimum absolute atomic E-state index is 0.0421. The van der Waals surface area contributed by atoms with Crippen molar-refractivity contribution in [3.63, 3.8) is 0 Å². The maximum atomic E-state index is 13.5. The highest BCUT2D eigenvalue weighted by atomic mass is 35.5. The Balaban J connectivity index is 1.31. The third-order valence-electron chi connectivity index (χ3n) is 6.08. The number of hydrogen-bond donors (Lipinski definition) is 2. The molecule has 2 bridgehead atoms. The van der Waals surface area contributed by atoms with Gasteiger partial charge in [0.25, 0.3) is 0 Å². The molecule has 3 heterocycles. The van der Waals surface area contributed by atoms with Crippen molar-refractivity contribution in [2.24, 2.45) is 5.92 Å². The highest BCUT2D eigenvalue weighted by molar-refractivity contribution is 6.31. The number of benzene rings is 2. The molecule has 2 aliphatic rings. The van der Waals surface area contributed by atoms with Crippen LogP contribution in [0, 0.1) is 11.7 Å². The van der Waals surface area contributed by atoms with Gasteiger partial charge in [0.2, 0.25) is 0 Å². The second-order valence-corrected chi connectivity index (χ2v) is 8.63. The standard InChI is InChI=1S/C23H25ClFN5O2/c1-31-20-10-19-16(23(28-13-27-19)29-15-3-4-18(25)17(24)8-15)9-21(20)32-6-2-5-30-12-14-7-22(30)26-11-14/h3-4,8-10,13-14,22,26H,2,5-7,11-12H2,1H3,(H,27,28,29). The van der Waals surface area contributed by atoms with Crippen molar-refractivity contribution in [2.45, 2.75) is 19.0 Å². The Morgan fingerprint density at radius 3 is 2.91 bits per heavy atom. The van der Waals surface area contributed by atoms with Crippen LogP contribution in [-0.4, -0.2) is 54.4 Å². The van der Waals surface area contributed by atoms with Crippen molar-refractivity contribution in [1.82, 2.24) is 20.2 Å². The zero-order valence-corrected chi connectivity index (χ0v) is 18.5. The number of hydrogen-bond acceptors (Lipinski definition) is 7. The largest absolute Gasteiger partial charge is 0.493 e. The lowest BCUT2D eigenvalue weighted by Gasteiger charge is -2.27. The highest BCUT2D eigenvalue weighted by Crippen LogP contribution is 2.35. The second kappa shape index (κ2) is 9.05. The topological polar surface area (TPSA) is 71.5 Å². The first-order chi connectivity index (χ1) is 15.6. The molecule has 2 atom stereocenters. The molecule has 0 amide bonds. The molecule has 2 aliphatic heterocycles. The van der Waals surface area contributed by atoms with E-state index < -0.39 is 5.82 Å². The van der Waals surface area contributed by atoms with Crippen LogP contribution >= 0.6 is 11.6 Å².